The largest absolute Gasteiger partial charge is 0.356 e. The number of anilines is 1. The molecule has 1 rings (SSSR count). The van der Waals surface area contributed by atoms with Crippen LogP contribution in [0.5, 0.6) is 0 Å². The molecule has 25 heavy (non-hydrogen) atoms. The number of unbranched alkanes of at least 4 members (excludes halogenated alkanes) is 4. The van der Waals surface area contributed by atoms with E-state index in [4.69, 9.17) is 12.8 Å². The lowest BCUT2D eigenvalue weighted by molar-refractivity contribution is -0.121. The highest BCUT2D eigenvalue weighted by Crippen LogP contribution is 2.06. The molecular weight excluding hydrogens is 316 g/mol. The Hall–Kier alpha value is -2.73. The number of hydrogen-bond acceptors (Lipinski definition) is 3. The van der Waals surface area contributed by atoms with Gasteiger partial charge in [0.25, 0.3) is 0 Å². The molecule has 0 unspecified atom stereocenters. The molecule has 0 aliphatic rings. The average Bonchev–Trinajstić information content (AvgIpc) is 3.03. The quantitative estimate of drug-likeness (QED) is 0.403. The molecule has 6 heteroatoms. The van der Waals surface area contributed by atoms with E-state index in [1.807, 2.05) is 0 Å². The molecule has 0 bridgehead atoms. The van der Waals surface area contributed by atoms with Crippen molar-refractivity contribution >= 4 is 17.8 Å². The Bertz CT molecular complexity index is 622. The molecule has 1 aromatic heterocycles. The van der Waals surface area contributed by atoms with E-state index in [0.717, 1.165) is 31.4 Å². The Morgan fingerprint density at radius 1 is 1.04 bits per heavy atom. The van der Waals surface area contributed by atoms with E-state index < -0.39 is 0 Å². The number of aromatic nitrogens is 2. The Morgan fingerprint density at radius 2 is 1.68 bits per heavy atom. The fourth-order valence-electron chi connectivity index (χ4n) is 2.19. The maximum atomic E-state index is 11.7. The van der Waals surface area contributed by atoms with Gasteiger partial charge < -0.3 is 10.3 Å². The first-order valence-corrected chi connectivity index (χ1v) is 8.63. The van der Waals surface area contributed by atoms with E-state index in [9.17, 15) is 9.59 Å². The predicted octanol–water partition coefficient (Wildman–Crippen LogP) is 2.39. The van der Waals surface area contributed by atoms with Gasteiger partial charge in [-0.05, 0) is 25.7 Å². The van der Waals surface area contributed by atoms with Crippen LogP contribution in [0.4, 0.5) is 5.95 Å². The monoisotopic (exact) mass is 342 g/mol. The van der Waals surface area contributed by atoms with Gasteiger partial charge >= 0.3 is 0 Å². The Balaban J connectivity index is 2.18. The van der Waals surface area contributed by atoms with Crippen molar-refractivity contribution in [2.24, 2.45) is 0 Å². The number of carbonyl (C=O) groups excluding carboxylic acids is 2. The summed E-state index contributed by atoms with van der Waals surface area (Å²) in [5.74, 6) is 5.48. The standard InChI is InChI=1S/C19H26N4O2/c1-3-5-7-9-11-17(24)20-14-13-16-15-21-19(22-16)23-18(25)12-10-8-6-4-2/h1-2,15H,5-14H2,(H,20,24)(H2,21,22,23,25). The number of terminal acetylenes is 2. The average molecular weight is 342 g/mol. The molecule has 134 valence electrons. The van der Waals surface area contributed by atoms with Crippen LogP contribution >= 0.6 is 0 Å². The van der Waals surface area contributed by atoms with Crippen LogP contribution in [0.1, 0.15) is 57.1 Å². The van der Waals surface area contributed by atoms with Gasteiger partial charge in [0.1, 0.15) is 0 Å². The molecule has 0 atom stereocenters. The van der Waals surface area contributed by atoms with Crippen molar-refractivity contribution in [1.29, 1.82) is 0 Å². The molecule has 6 nitrogen and oxygen atoms in total. The van der Waals surface area contributed by atoms with E-state index in [1.165, 1.54) is 0 Å². The highest BCUT2D eigenvalue weighted by atomic mass is 16.2. The van der Waals surface area contributed by atoms with E-state index in [1.54, 1.807) is 6.20 Å². The van der Waals surface area contributed by atoms with Crippen molar-refractivity contribution in [3.05, 3.63) is 11.9 Å². The van der Waals surface area contributed by atoms with Crippen LogP contribution in [-0.2, 0) is 16.0 Å². The molecule has 0 radical (unpaired) electrons. The Kier molecular flexibility index (Phi) is 10.3. The van der Waals surface area contributed by atoms with Crippen LogP contribution in [0.25, 0.3) is 0 Å². The van der Waals surface area contributed by atoms with Crippen molar-refractivity contribution in [2.75, 3.05) is 11.9 Å². The number of amides is 2. The summed E-state index contributed by atoms with van der Waals surface area (Å²) in [7, 11) is 0. The zero-order valence-corrected chi connectivity index (χ0v) is 14.6. The smallest absolute Gasteiger partial charge is 0.226 e. The number of rotatable bonds is 12. The maximum absolute atomic E-state index is 11.7. The molecule has 0 aliphatic heterocycles. The first-order valence-electron chi connectivity index (χ1n) is 8.63. The fraction of sp³-hybridized carbons (Fsp3) is 0.526. The number of carbonyl (C=O) groups is 2. The van der Waals surface area contributed by atoms with Crippen LogP contribution in [0.15, 0.2) is 6.20 Å². The molecule has 0 fully saturated rings. The third-order valence-electron chi connectivity index (χ3n) is 3.55. The third-order valence-corrected chi connectivity index (χ3v) is 3.55. The Labute approximate surface area is 149 Å². The van der Waals surface area contributed by atoms with Gasteiger partial charge in [-0.2, -0.15) is 0 Å². The topological polar surface area (TPSA) is 86.9 Å². The van der Waals surface area contributed by atoms with Crippen LogP contribution in [-0.4, -0.2) is 28.3 Å². The van der Waals surface area contributed by atoms with Crippen molar-refractivity contribution in [1.82, 2.24) is 15.3 Å². The van der Waals surface area contributed by atoms with Gasteiger partial charge in [-0.15, -0.1) is 24.7 Å². The zero-order chi connectivity index (χ0) is 18.3. The maximum Gasteiger partial charge on any atom is 0.226 e. The van der Waals surface area contributed by atoms with Crippen molar-refractivity contribution in [2.45, 2.75) is 57.8 Å². The summed E-state index contributed by atoms with van der Waals surface area (Å²) in [5, 5.41) is 5.57. The second-order valence-corrected chi connectivity index (χ2v) is 5.73. The molecule has 2 amide bonds. The second-order valence-electron chi connectivity index (χ2n) is 5.73. The summed E-state index contributed by atoms with van der Waals surface area (Å²) >= 11 is 0. The minimum Gasteiger partial charge on any atom is -0.356 e. The second kappa shape index (κ2) is 12.7. The lowest BCUT2D eigenvalue weighted by atomic mass is 10.2. The molecule has 0 spiro atoms. The number of nitrogens with zero attached hydrogens (tertiary/aromatic N) is 1. The Morgan fingerprint density at radius 3 is 2.32 bits per heavy atom. The van der Waals surface area contributed by atoms with Gasteiger partial charge in [0.05, 0.1) is 6.20 Å². The number of hydrogen-bond donors (Lipinski definition) is 3. The van der Waals surface area contributed by atoms with E-state index >= 15 is 0 Å². The zero-order valence-electron chi connectivity index (χ0n) is 14.6. The van der Waals surface area contributed by atoms with Crippen LogP contribution in [0.2, 0.25) is 0 Å². The number of aromatic amines is 1. The van der Waals surface area contributed by atoms with Crippen molar-refractivity contribution in [3.63, 3.8) is 0 Å². The van der Waals surface area contributed by atoms with Crippen molar-refractivity contribution in [3.8, 4) is 24.7 Å². The highest BCUT2D eigenvalue weighted by molar-refractivity contribution is 5.88. The lowest BCUT2D eigenvalue weighted by Crippen LogP contribution is -2.25. The van der Waals surface area contributed by atoms with Crippen molar-refractivity contribution < 1.29 is 9.59 Å². The summed E-state index contributed by atoms with van der Waals surface area (Å²) in [6.45, 7) is 0.523. The summed E-state index contributed by atoms with van der Waals surface area (Å²) < 4.78 is 0. The van der Waals surface area contributed by atoms with Crippen LogP contribution in [0.3, 0.4) is 0 Å². The van der Waals surface area contributed by atoms with E-state index in [-0.39, 0.29) is 11.8 Å². The molecular formula is C19H26N4O2. The van der Waals surface area contributed by atoms with Crippen LogP contribution in [0, 0.1) is 24.7 Å². The minimum atomic E-state index is -0.0850. The van der Waals surface area contributed by atoms with Gasteiger partial charge in [-0.1, -0.05) is 0 Å². The van der Waals surface area contributed by atoms with E-state index in [2.05, 4.69) is 32.4 Å². The van der Waals surface area contributed by atoms with Gasteiger partial charge in [-0.3, -0.25) is 14.9 Å². The highest BCUT2D eigenvalue weighted by Gasteiger charge is 2.06. The molecule has 3 N–H and O–H groups in total. The molecule has 0 aromatic carbocycles. The lowest BCUT2D eigenvalue weighted by Gasteiger charge is -2.04. The molecule has 1 aromatic rings. The van der Waals surface area contributed by atoms with Gasteiger partial charge in [-0.25, -0.2) is 4.98 Å². The minimum absolute atomic E-state index is 0.0250. The fourth-order valence-corrected chi connectivity index (χ4v) is 2.19. The summed E-state index contributed by atoms with van der Waals surface area (Å²) in [5.41, 5.74) is 0.857. The molecule has 0 saturated carbocycles. The number of H-pyrrole nitrogens is 1. The SMILES string of the molecule is C#CCCCCC(=O)NCCc1cnc(NC(=O)CCCCC#C)[nH]1. The first-order chi connectivity index (χ1) is 12.2. The first kappa shape index (κ1) is 20.3. The number of imidazole rings is 1. The predicted molar refractivity (Wildman–Crippen MR) is 98.5 cm³/mol. The summed E-state index contributed by atoms with van der Waals surface area (Å²) in [4.78, 5) is 30.5. The third kappa shape index (κ3) is 9.88. The summed E-state index contributed by atoms with van der Waals surface area (Å²) in [6.07, 6.45) is 18.2. The number of nitrogens with one attached hydrogen (secondary N) is 3. The normalized spacial score (nSPS) is 9.84. The van der Waals surface area contributed by atoms with Gasteiger partial charge in [0, 0.05) is 44.3 Å². The molecule has 0 aliphatic carbocycles. The van der Waals surface area contributed by atoms with E-state index in [0.29, 0.717) is 44.6 Å². The molecule has 0 saturated heterocycles. The van der Waals surface area contributed by atoms with Crippen LogP contribution < -0.4 is 10.6 Å². The van der Waals surface area contributed by atoms with Gasteiger partial charge in [0.15, 0.2) is 0 Å². The molecule has 1 heterocycles. The summed E-state index contributed by atoms with van der Waals surface area (Å²) in [6, 6.07) is 0. The van der Waals surface area contributed by atoms with Gasteiger partial charge in [0.2, 0.25) is 17.8 Å².